The summed E-state index contributed by atoms with van der Waals surface area (Å²) < 4.78 is 0. The van der Waals surface area contributed by atoms with Crippen LogP contribution in [0.1, 0.15) is 25.6 Å². The summed E-state index contributed by atoms with van der Waals surface area (Å²) in [5.41, 5.74) is 5.55. The molecule has 40 heavy (non-hydrogen) atoms. The van der Waals surface area contributed by atoms with Crippen LogP contribution < -0.4 is 4.90 Å². The molecule has 0 aliphatic heterocycles. The first kappa shape index (κ1) is 24.0. The van der Waals surface area contributed by atoms with E-state index in [4.69, 9.17) is 0 Å². The summed E-state index contributed by atoms with van der Waals surface area (Å²) in [7, 11) is 0. The molecular formula is C36H23NO2S. The molecule has 1 heterocycles. The van der Waals surface area contributed by atoms with E-state index in [1.165, 1.54) is 10.8 Å². The highest BCUT2D eigenvalue weighted by atomic mass is 32.1. The van der Waals surface area contributed by atoms with Gasteiger partial charge in [-0.1, -0.05) is 91.0 Å². The summed E-state index contributed by atoms with van der Waals surface area (Å²) in [6, 6.07) is 44.8. The van der Waals surface area contributed by atoms with Gasteiger partial charge in [0.1, 0.15) is 0 Å². The van der Waals surface area contributed by atoms with E-state index in [1.807, 2.05) is 18.2 Å². The number of nitrogens with zero attached hydrogens (tertiary/aromatic N) is 1. The summed E-state index contributed by atoms with van der Waals surface area (Å²) in [5.74, 6) is -0.399. The smallest absolute Gasteiger partial charge is 0.197 e. The summed E-state index contributed by atoms with van der Waals surface area (Å²) in [6.07, 6.45) is 1.73. The fourth-order valence-corrected chi connectivity index (χ4v) is 6.27. The average Bonchev–Trinajstić information content (AvgIpc) is 3.58. The van der Waals surface area contributed by atoms with Crippen molar-refractivity contribution in [2.24, 2.45) is 0 Å². The van der Waals surface area contributed by atoms with Gasteiger partial charge in [0, 0.05) is 37.6 Å². The number of anilines is 3. The van der Waals surface area contributed by atoms with E-state index in [-0.39, 0.29) is 17.1 Å². The van der Waals surface area contributed by atoms with Crippen molar-refractivity contribution in [1.29, 1.82) is 0 Å². The molecule has 0 fully saturated rings. The van der Waals surface area contributed by atoms with Gasteiger partial charge in [-0.25, -0.2) is 0 Å². The minimum atomic E-state index is -0.200. The highest BCUT2D eigenvalue weighted by Gasteiger charge is 2.32. The molecule has 0 spiro atoms. The third-order valence-electron chi connectivity index (χ3n) is 7.25. The van der Waals surface area contributed by atoms with E-state index in [0.717, 1.165) is 32.4 Å². The van der Waals surface area contributed by atoms with Gasteiger partial charge in [0.05, 0.1) is 11.3 Å². The monoisotopic (exact) mass is 533 g/mol. The van der Waals surface area contributed by atoms with Crippen LogP contribution in [-0.2, 0) is 0 Å². The Balaban J connectivity index is 1.22. The number of fused-ring (bicyclic) bond motifs is 2. The Morgan fingerprint density at radius 3 is 1.93 bits per heavy atom. The number of ketones is 2. The van der Waals surface area contributed by atoms with Crippen LogP contribution in [0.4, 0.5) is 17.1 Å². The van der Waals surface area contributed by atoms with Crippen molar-refractivity contribution in [3.8, 4) is 10.4 Å². The van der Waals surface area contributed by atoms with Crippen LogP contribution in [0.15, 0.2) is 139 Å². The quantitative estimate of drug-likeness (QED) is 0.164. The second-order valence-corrected chi connectivity index (χ2v) is 10.8. The molecule has 0 unspecified atom stereocenters. The number of allylic oxidation sites excluding steroid dienone is 1. The third kappa shape index (κ3) is 4.15. The molecule has 0 radical (unpaired) electrons. The fraction of sp³-hybridized carbons (Fsp3) is 0. The molecule has 3 nitrogen and oxygen atoms in total. The minimum absolute atomic E-state index is 0.200. The lowest BCUT2D eigenvalue weighted by Gasteiger charge is -2.27. The van der Waals surface area contributed by atoms with Crippen molar-refractivity contribution in [3.05, 3.63) is 155 Å². The number of rotatable bonds is 5. The molecule has 0 saturated heterocycles. The third-order valence-corrected chi connectivity index (χ3v) is 8.33. The second kappa shape index (κ2) is 9.92. The topological polar surface area (TPSA) is 37.4 Å². The Morgan fingerprint density at radius 1 is 0.550 bits per heavy atom. The van der Waals surface area contributed by atoms with Crippen molar-refractivity contribution in [1.82, 2.24) is 0 Å². The predicted octanol–water partition coefficient (Wildman–Crippen LogP) is 9.50. The predicted molar refractivity (Wildman–Crippen MR) is 165 cm³/mol. The fourth-order valence-electron chi connectivity index (χ4n) is 5.31. The number of hydrogen-bond donors (Lipinski definition) is 0. The molecule has 5 aromatic carbocycles. The summed E-state index contributed by atoms with van der Waals surface area (Å²) in [5, 5.41) is 2.38. The van der Waals surface area contributed by atoms with E-state index in [0.29, 0.717) is 11.1 Å². The molecule has 1 aromatic heterocycles. The molecule has 0 bridgehead atoms. The van der Waals surface area contributed by atoms with E-state index in [2.05, 4.69) is 95.9 Å². The number of hydrogen-bond acceptors (Lipinski definition) is 4. The minimum Gasteiger partial charge on any atom is -0.310 e. The number of benzene rings is 5. The Hall–Kier alpha value is -5.06. The van der Waals surface area contributed by atoms with E-state index in [9.17, 15) is 9.59 Å². The normalized spacial score (nSPS) is 12.6. The highest BCUT2D eigenvalue weighted by Crippen LogP contribution is 2.40. The van der Waals surface area contributed by atoms with Crippen molar-refractivity contribution in [2.45, 2.75) is 0 Å². The molecule has 1 aliphatic rings. The van der Waals surface area contributed by atoms with Gasteiger partial charge < -0.3 is 4.90 Å². The summed E-state index contributed by atoms with van der Waals surface area (Å²) in [4.78, 5) is 29.9. The molecule has 0 atom stereocenters. The maximum Gasteiger partial charge on any atom is 0.197 e. The molecule has 6 aromatic rings. The van der Waals surface area contributed by atoms with Gasteiger partial charge in [0.15, 0.2) is 11.6 Å². The van der Waals surface area contributed by atoms with Crippen molar-refractivity contribution < 1.29 is 9.59 Å². The molecule has 0 saturated carbocycles. The first-order chi connectivity index (χ1) is 19.7. The zero-order valence-electron chi connectivity index (χ0n) is 21.5. The first-order valence-corrected chi connectivity index (χ1v) is 13.9. The average molecular weight is 534 g/mol. The summed E-state index contributed by atoms with van der Waals surface area (Å²) >= 11 is 1.57. The lowest BCUT2D eigenvalue weighted by molar-refractivity contribution is 0.0990. The molecular weight excluding hydrogens is 510 g/mol. The molecule has 7 rings (SSSR count). The van der Waals surface area contributed by atoms with Crippen molar-refractivity contribution in [2.75, 3.05) is 4.90 Å². The van der Waals surface area contributed by atoms with Crippen LogP contribution in [-0.4, -0.2) is 11.6 Å². The van der Waals surface area contributed by atoms with Gasteiger partial charge in [-0.3, -0.25) is 9.59 Å². The molecule has 0 amide bonds. The van der Waals surface area contributed by atoms with Crippen LogP contribution in [0, 0.1) is 0 Å². The summed E-state index contributed by atoms with van der Waals surface area (Å²) in [6.45, 7) is 0. The largest absolute Gasteiger partial charge is 0.310 e. The lowest BCUT2D eigenvalue weighted by Crippen LogP contribution is -2.10. The highest BCUT2D eigenvalue weighted by molar-refractivity contribution is 7.16. The Labute approximate surface area is 236 Å². The van der Waals surface area contributed by atoms with E-state index in [1.54, 1.807) is 41.7 Å². The standard InChI is InChI=1S/C36H23NO2S/c38-35-30-14-6-7-15-31(30)36(39)32(35)23-28-21-22-34(40-28)25-17-19-27(20-18-25)37(26-11-2-1-3-12-26)33-16-8-10-24-9-4-5-13-29(24)33/h1-23H. The van der Waals surface area contributed by atoms with Crippen LogP contribution in [0.2, 0.25) is 0 Å². The molecule has 4 heteroatoms. The number of para-hydroxylation sites is 1. The maximum atomic E-state index is 12.8. The van der Waals surface area contributed by atoms with Gasteiger partial charge in [-0.2, -0.15) is 0 Å². The number of carbonyl (C=O) groups is 2. The molecule has 190 valence electrons. The van der Waals surface area contributed by atoms with Crippen molar-refractivity contribution >= 4 is 56.8 Å². The second-order valence-electron chi connectivity index (χ2n) is 9.68. The van der Waals surface area contributed by atoms with Crippen LogP contribution >= 0.6 is 11.3 Å². The van der Waals surface area contributed by atoms with E-state index >= 15 is 0 Å². The van der Waals surface area contributed by atoms with Crippen LogP contribution in [0.3, 0.4) is 0 Å². The zero-order chi connectivity index (χ0) is 27.1. The molecule has 1 aliphatic carbocycles. The zero-order valence-corrected chi connectivity index (χ0v) is 22.3. The van der Waals surface area contributed by atoms with Gasteiger partial charge >= 0.3 is 0 Å². The molecule has 0 N–H and O–H groups in total. The van der Waals surface area contributed by atoms with Crippen LogP contribution in [0.25, 0.3) is 27.3 Å². The van der Waals surface area contributed by atoms with Gasteiger partial charge in [-0.05, 0) is 59.5 Å². The Kier molecular flexibility index (Phi) is 5.95. The number of carbonyl (C=O) groups excluding carboxylic acids is 2. The Morgan fingerprint density at radius 2 is 1.18 bits per heavy atom. The first-order valence-electron chi connectivity index (χ1n) is 13.1. The van der Waals surface area contributed by atoms with Crippen LogP contribution in [0.5, 0.6) is 0 Å². The number of thiophene rings is 1. The number of Topliss-reactive ketones (excluding diaryl/α,β-unsaturated/α-hetero) is 2. The Bertz CT molecular complexity index is 1890. The van der Waals surface area contributed by atoms with E-state index < -0.39 is 0 Å². The van der Waals surface area contributed by atoms with Crippen molar-refractivity contribution in [3.63, 3.8) is 0 Å². The maximum absolute atomic E-state index is 12.8. The van der Waals surface area contributed by atoms with Gasteiger partial charge in [-0.15, -0.1) is 11.3 Å². The van der Waals surface area contributed by atoms with Gasteiger partial charge in [0.25, 0.3) is 0 Å². The van der Waals surface area contributed by atoms with Gasteiger partial charge in [0.2, 0.25) is 0 Å². The lowest BCUT2D eigenvalue weighted by atomic mass is 10.1. The SMILES string of the molecule is O=C1C(=Cc2ccc(-c3ccc(N(c4ccccc4)c4cccc5ccccc45)cc3)s2)C(=O)c2ccccc21.